The number of aryl methyl sites for hydroxylation is 1. The minimum atomic E-state index is -0.490. The Bertz CT molecular complexity index is 472. The minimum absolute atomic E-state index is 0.134. The molecule has 6 nitrogen and oxygen atoms in total. The van der Waals surface area contributed by atoms with Crippen LogP contribution in [0.1, 0.15) is 36.1 Å². The average molecular weight is 278 g/mol. The van der Waals surface area contributed by atoms with E-state index in [0.29, 0.717) is 6.04 Å². The van der Waals surface area contributed by atoms with Gasteiger partial charge < -0.3 is 15.0 Å². The average Bonchev–Trinajstić information content (AvgIpc) is 2.97. The Balaban J connectivity index is 2.31. The van der Waals surface area contributed by atoms with Gasteiger partial charge in [-0.3, -0.25) is 0 Å². The van der Waals surface area contributed by atoms with E-state index in [1.165, 1.54) is 7.11 Å². The molecule has 1 N–H and O–H groups in total. The Hall–Kier alpha value is -1.69. The zero-order valence-electron chi connectivity index (χ0n) is 12.3. The number of hydrogen-bond donors (Lipinski definition) is 1. The number of anilines is 1. The number of methoxy groups -OCH3 is 1. The first kappa shape index (κ1) is 14.7. The molecule has 1 aromatic heterocycles. The van der Waals surface area contributed by atoms with E-state index in [4.69, 9.17) is 4.74 Å². The van der Waals surface area contributed by atoms with Crippen molar-refractivity contribution in [2.45, 2.75) is 32.7 Å². The van der Waals surface area contributed by atoms with Gasteiger partial charge in [0, 0.05) is 30.9 Å². The second-order valence-electron chi connectivity index (χ2n) is 5.02. The summed E-state index contributed by atoms with van der Waals surface area (Å²) < 4.78 is 4.72. The number of nitrogens with zero attached hydrogens (tertiary/aromatic N) is 3. The molecule has 2 rings (SSSR count). The van der Waals surface area contributed by atoms with Gasteiger partial charge in [-0.05, 0) is 26.3 Å². The maximum atomic E-state index is 11.6. The molecular formula is C14H22N4O2. The highest BCUT2D eigenvalue weighted by Crippen LogP contribution is 2.19. The van der Waals surface area contributed by atoms with Gasteiger partial charge in [0.1, 0.15) is 5.82 Å². The Labute approximate surface area is 119 Å². The van der Waals surface area contributed by atoms with E-state index >= 15 is 0 Å². The molecule has 1 fully saturated rings. The van der Waals surface area contributed by atoms with Crippen molar-refractivity contribution in [1.82, 2.24) is 15.3 Å². The van der Waals surface area contributed by atoms with E-state index in [0.717, 1.165) is 44.0 Å². The molecule has 1 unspecified atom stereocenters. The molecule has 1 aliphatic heterocycles. The fourth-order valence-corrected chi connectivity index (χ4v) is 2.51. The quantitative estimate of drug-likeness (QED) is 0.815. The van der Waals surface area contributed by atoms with Crippen molar-refractivity contribution >= 4 is 11.8 Å². The van der Waals surface area contributed by atoms with Crippen LogP contribution in [0.2, 0.25) is 0 Å². The maximum Gasteiger partial charge on any atom is 0.376 e. The smallest absolute Gasteiger partial charge is 0.376 e. The standard InChI is InChI=1S/C14H22N4O2/c1-4-7-18(11-5-6-15-9-11)12-8-10(2)16-13(17-12)14(19)20-3/h8,11,15H,4-7,9H2,1-3H3. The van der Waals surface area contributed by atoms with Gasteiger partial charge in [0.25, 0.3) is 0 Å². The molecule has 0 saturated carbocycles. The Morgan fingerprint density at radius 3 is 2.95 bits per heavy atom. The van der Waals surface area contributed by atoms with E-state index < -0.39 is 5.97 Å². The van der Waals surface area contributed by atoms with Crippen molar-refractivity contribution in [2.24, 2.45) is 0 Å². The van der Waals surface area contributed by atoms with Crippen LogP contribution in [0.5, 0.6) is 0 Å². The van der Waals surface area contributed by atoms with Crippen molar-refractivity contribution in [1.29, 1.82) is 0 Å². The van der Waals surface area contributed by atoms with Crippen molar-refractivity contribution in [3.8, 4) is 0 Å². The number of carbonyl (C=O) groups is 1. The zero-order chi connectivity index (χ0) is 14.5. The first-order valence-corrected chi connectivity index (χ1v) is 7.07. The van der Waals surface area contributed by atoms with Gasteiger partial charge in [-0.25, -0.2) is 14.8 Å². The molecule has 1 saturated heterocycles. The summed E-state index contributed by atoms with van der Waals surface area (Å²) in [4.78, 5) is 22.4. The highest BCUT2D eigenvalue weighted by atomic mass is 16.5. The van der Waals surface area contributed by atoms with Crippen molar-refractivity contribution in [3.63, 3.8) is 0 Å². The molecule has 0 amide bonds. The summed E-state index contributed by atoms with van der Waals surface area (Å²) >= 11 is 0. The highest BCUT2D eigenvalue weighted by molar-refractivity contribution is 5.85. The SMILES string of the molecule is CCCN(c1cc(C)nc(C(=O)OC)n1)C1CCNC1. The molecule has 110 valence electrons. The van der Waals surface area contributed by atoms with E-state index in [-0.39, 0.29) is 5.82 Å². The number of aromatic nitrogens is 2. The van der Waals surface area contributed by atoms with E-state index in [2.05, 4.69) is 27.1 Å². The number of esters is 1. The Morgan fingerprint density at radius 1 is 1.55 bits per heavy atom. The van der Waals surface area contributed by atoms with Gasteiger partial charge >= 0.3 is 5.97 Å². The molecular weight excluding hydrogens is 256 g/mol. The predicted molar refractivity (Wildman–Crippen MR) is 77.0 cm³/mol. The third-order valence-electron chi connectivity index (χ3n) is 3.44. The lowest BCUT2D eigenvalue weighted by atomic mass is 10.2. The summed E-state index contributed by atoms with van der Waals surface area (Å²) in [6.07, 6.45) is 2.13. The fraction of sp³-hybridized carbons (Fsp3) is 0.643. The second kappa shape index (κ2) is 6.65. The minimum Gasteiger partial charge on any atom is -0.463 e. The largest absolute Gasteiger partial charge is 0.463 e. The van der Waals surface area contributed by atoms with E-state index in [1.54, 1.807) is 0 Å². The van der Waals surface area contributed by atoms with Crippen LogP contribution in [0, 0.1) is 6.92 Å². The number of carbonyl (C=O) groups excluding carboxylic acids is 1. The normalized spacial score (nSPS) is 18.1. The van der Waals surface area contributed by atoms with Crippen LogP contribution in [0.15, 0.2) is 6.07 Å². The molecule has 6 heteroatoms. The molecule has 0 bridgehead atoms. The van der Waals surface area contributed by atoms with Gasteiger partial charge in [0.15, 0.2) is 0 Å². The van der Waals surface area contributed by atoms with Gasteiger partial charge in [0.05, 0.1) is 7.11 Å². The molecule has 2 heterocycles. The lowest BCUT2D eigenvalue weighted by Gasteiger charge is -2.29. The zero-order valence-corrected chi connectivity index (χ0v) is 12.3. The molecule has 1 atom stereocenters. The molecule has 0 aliphatic carbocycles. The molecule has 1 aliphatic rings. The molecule has 0 aromatic carbocycles. The third-order valence-corrected chi connectivity index (χ3v) is 3.44. The van der Waals surface area contributed by atoms with Gasteiger partial charge in [-0.2, -0.15) is 0 Å². The van der Waals surface area contributed by atoms with Gasteiger partial charge in [-0.1, -0.05) is 6.92 Å². The van der Waals surface area contributed by atoms with Crippen LogP contribution in [-0.4, -0.2) is 48.7 Å². The maximum absolute atomic E-state index is 11.6. The van der Waals surface area contributed by atoms with Crippen LogP contribution in [0.25, 0.3) is 0 Å². The molecule has 1 aromatic rings. The van der Waals surface area contributed by atoms with Crippen LogP contribution in [0.3, 0.4) is 0 Å². The third kappa shape index (κ3) is 3.25. The van der Waals surface area contributed by atoms with E-state index in [9.17, 15) is 4.79 Å². The second-order valence-corrected chi connectivity index (χ2v) is 5.02. The number of nitrogens with one attached hydrogen (secondary N) is 1. The number of ether oxygens (including phenoxy) is 1. The topological polar surface area (TPSA) is 67.4 Å². The van der Waals surface area contributed by atoms with Crippen molar-refractivity contribution < 1.29 is 9.53 Å². The first-order chi connectivity index (χ1) is 9.65. The summed E-state index contributed by atoms with van der Waals surface area (Å²) in [5, 5.41) is 3.37. The predicted octanol–water partition coefficient (Wildman–Crippen LogP) is 1.15. The number of rotatable bonds is 5. The summed E-state index contributed by atoms with van der Waals surface area (Å²) in [5.41, 5.74) is 0.780. The van der Waals surface area contributed by atoms with Crippen LogP contribution in [0.4, 0.5) is 5.82 Å². The van der Waals surface area contributed by atoms with Crippen LogP contribution < -0.4 is 10.2 Å². The first-order valence-electron chi connectivity index (χ1n) is 7.07. The summed E-state index contributed by atoms with van der Waals surface area (Å²) in [7, 11) is 1.35. The highest BCUT2D eigenvalue weighted by Gasteiger charge is 2.24. The monoisotopic (exact) mass is 278 g/mol. The Kier molecular flexibility index (Phi) is 4.89. The Morgan fingerprint density at radius 2 is 2.35 bits per heavy atom. The molecule has 0 radical (unpaired) electrons. The lowest BCUT2D eigenvalue weighted by molar-refractivity contribution is 0.0586. The lowest BCUT2D eigenvalue weighted by Crippen LogP contribution is -2.38. The fourth-order valence-electron chi connectivity index (χ4n) is 2.51. The van der Waals surface area contributed by atoms with Gasteiger partial charge in [0.2, 0.25) is 5.82 Å². The summed E-state index contributed by atoms with van der Waals surface area (Å²) in [6.45, 7) is 6.91. The van der Waals surface area contributed by atoms with E-state index in [1.807, 2.05) is 13.0 Å². The summed E-state index contributed by atoms with van der Waals surface area (Å²) in [5.74, 6) is 0.457. The van der Waals surface area contributed by atoms with Crippen LogP contribution in [-0.2, 0) is 4.74 Å². The summed E-state index contributed by atoms with van der Waals surface area (Å²) in [6, 6.07) is 2.36. The van der Waals surface area contributed by atoms with Crippen molar-refractivity contribution in [2.75, 3.05) is 31.6 Å². The number of hydrogen-bond acceptors (Lipinski definition) is 6. The molecule has 20 heavy (non-hydrogen) atoms. The van der Waals surface area contributed by atoms with Crippen molar-refractivity contribution in [3.05, 3.63) is 17.6 Å². The molecule has 0 spiro atoms. The van der Waals surface area contributed by atoms with Crippen LogP contribution >= 0.6 is 0 Å². The van der Waals surface area contributed by atoms with Gasteiger partial charge in [-0.15, -0.1) is 0 Å².